The molecule has 0 amide bonds. The molecule has 0 bridgehead atoms. The lowest BCUT2D eigenvalue weighted by molar-refractivity contribution is 0.145. The molecule has 4 aromatic heterocycles. The Morgan fingerprint density at radius 2 is 1.84 bits per heavy atom. The maximum atomic E-state index is 9.89. The summed E-state index contributed by atoms with van der Waals surface area (Å²) in [5, 5.41) is 16.5. The Morgan fingerprint density at radius 1 is 0.969 bits per heavy atom. The summed E-state index contributed by atoms with van der Waals surface area (Å²) in [5.74, 6) is 2.66. The fraction of sp³-hybridized carbons (Fsp3) is 0.304. The highest BCUT2D eigenvalue weighted by molar-refractivity contribution is 5.65. The summed E-state index contributed by atoms with van der Waals surface area (Å²) < 4.78 is 1.95. The van der Waals surface area contributed by atoms with Crippen LogP contribution in [0.5, 0.6) is 0 Å². The number of hydrogen-bond donors (Lipinski definition) is 3. The molecule has 0 radical (unpaired) electrons. The second-order valence-electron chi connectivity index (χ2n) is 7.91. The van der Waals surface area contributed by atoms with Gasteiger partial charge in [0.1, 0.15) is 23.1 Å². The van der Waals surface area contributed by atoms with Crippen LogP contribution < -0.4 is 15.5 Å². The molecule has 0 aromatic carbocycles. The minimum absolute atomic E-state index is 0.245. The van der Waals surface area contributed by atoms with E-state index in [0.717, 1.165) is 49.5 Å². The van der Waals surface area contributed by atoms with Crippen molar-refractivity contribution in [1.82, 2.24) is 24.3 Å². The maximum Gasteiger partial charge on any atom is 0.232 e. The summed E-state index contributed by atoms with van der Waals surface area (Å²) in [5.41, 5.74) is 2.93. The van der Waals surface area contributed by atoms with Gasteiger partial charge in [0.15, 0.2) is 0 Å². The highest BCUT2D eigenvalue weighted by Gasteiger charge is 2.20. The van der Waals surface area contributed by atoms with Crippen molar-refractivity contribution in [1.29, 1.82) is 0 Å². The fourth-order valence-corrected chi connectivity index (χ4v) is 3.82. The van der Waals surface area contributed by atoms with Gasteiger partial charge in [-0.1, -0.05) is 6.92 Å². The topological polar surface area (TPSA) is 104 Å². The molecule has 0 aliphatic carbocycles. The van der Waals surface area contributed by atoms with Crippen LogP contribution >= 0.6 is 0 Å². The summed E-state index contributed by atoms with van der Waals surface area (Å²) >= 11 is 0. The first kappa shape index (κ1) is 20.2. The van der Waals surface area contributed by atoms with Gasteiger partial charge in [0, 0.05) is 55.7 Å². The smallest absolute Gasteiger partial charge is 0.232 e. The first-order valence-corrected chi connectivity index (χ1v) is 10.9. The highest BCUT2D eigenvalue weighted by atomic mass is 16.3. The first-order chi connectivity index (χ1) is 15.7. The van der Waals surface area contributed by atoms with Crippen LogP contribution in [-0.4, -0.2) is 48.6 Å². The number of aliphatic hydroxyl groups excluding tert-OH is 1. The molecule has 1 aliphatic rings. The van der Waals surface area contributed by atoms with Crippen LogP contribution in [0.25, 0.3) is 5.65 Å². The zero-order chi connectivity index (χ0) is 21.9. The third-order valence-corrected chi connectivity index (χ3v) is 5.64. The van der Waals surface area contributed by atoms with Gasteiger partial charge in [-0.3, -0.25) is 0 Å². The number of hydrogen-bond acceptors (Lipinski definition) is 8. The van der Waals surface area contributed by atoms with Crippen molar-refractivity contribution in [3.8, 4) is 0 Å². The summed E-state index contributed by atoms with van der Waals surface area (Å²) in [6.45, 7) is 3.61. The van der Waals surface area contributed by atoms with Gasteiger partial charge in [-0.05, 0) is 43.0 Å². The van der Waals surface area contributed by atoms with Crippen molar-refractivity contribution >= 4 is 34.7 Å². The number of fused-ring (bicyclic) bond motifs is 1. The quantitative estimate of drug-likeness (QED) is 0.427. The van der Waals surface area contributed by atoms with E-state index in [2.05, 4.69) is 37.4 Å². The molecule has 3 N–H and O–H groups in total. The molecule has 32 heavy (non-hydrogen) atoms. The van der Waals surface area contributed by atoms with Crippen LogP contribution in [-0.2, 0) is 6.42 Å². The average molecular weight is 431 g/mol. The van der Waals surface area contributed by atoms with E-state index >= 15 is 0 Å². The molecule has 164 valence electrons. The monoisotopic (exact) mass is 430 g/mol. The Morgan fingerprint density at radius 3 is 2.69 bits per heavy atom. The molecule has 5 rings (SSSR count). The van der Waals surface area contributed by atoms with Gasteiger partial charge in [0.2, 0.25) is 5.95 Å². The maximum absolute atomic E-state index is 9.89. The van der Waals surface area contributed by atoms with E-state index in [0.29, 0.717) is 17.6 Å². The summed E-state index contributed by atoms with van der Waals surface area (Å²) in [6, 6.07) is 9.90. The highest BCUT2D eigenvalue weighted by Crippen LogP contribution is 2.26. The van der Waals surface area contributed by atoms with Crippen LogP contribution in [0.3, 0.4) is 0 Å². The fourth-order valence-electron chi connectivity index (χ4n) is 3.82. The van der Waals surface area contributed by atoms with Crippen LogP contribution in [0, 0.1) is 0 Å². The summed E-state index contributed by atoms with van der Waals surface area (Å²) in [4.78, 5) is 20.4. The van der Waals surface area contributed by atoms with Crippen LogP contribution in [0.2, 0.25) is 0 Å². The number of rotatable bonds is 6. The third kappa shape index (κ3) is 4.47. The third-order valence-electron chi connectivity index (χ3n) is 5.64. The largest absolute Gasteiger partial charge is 0.393 e. The SMILES string of the molecule is CCc1ccnc(Nc2nc(Nc3ccn4ccnc4c3)cc(N3CCC(O)CC3)n2)c1. The molecule has 1 fully saturated rings. The van der Waals surface area contributed by atoms with E-state index in [9.17, 15) is 5.11 Å². The summed E-state index contributed by atoms with van der Waals surface area (Å²) in [7, 11) is 0. The molecule has 1 saturated heterocycles. The van der Waals surface area contributed by atoms with Gasteiger partial charge in [-0.15, -0.1) is 0 Å². The van der Waals surface area contributed by atoms with E-state index in [1.807, 2.05) is 47.1 Å². The van der Waals surface area contributed by atoms with Gasteiger partial charge >= 0.3 is 0 Å². The average Bonchev–Trinajstić information content (AvgIpc) is 3.27. The number of pyridine rings is 2. The predicted molar refractivity (Wildman–Crippen MR) is 125 cm³/mol. The number of nitrogens with zero attached hydrogens (tertiary/aromatic N) is 6. The van der Waals surface area contributed by atoms with Crippen molar-refractivity contribution in [2.75, 3.05) is 28.6 Å². The second kappa shape index (κ2) is 8.80. The van der Waals surface area contributed by atoms with E-state index in [1.165, 1.54) is 5.56 Å². The van der Waals surface area contributed by atoms with E-state index in [1.54, 1.807) is 12.4 Å². The molecule has 0 atom stereocenters. The molecule has 5 heterocycles. The van der Waals surface area contributed by atoms with Crippen LogP contribution in [0.4, 0.5) is 29.1 Å². The Kier molecular flexibility index (Phi) is 5.55. The molecular formula is C23H26N8O. The standard InChI is InChI=1S/C23H26N8O/c1-2-16-3-7-24-19(13-16)27-23-28-20(15-22(29-23)30-10-5-18(32)6-11-30)26-17-4-9-31-12-8-25-21(31)14-17/h3-4,7-9,12-15,18,32H,2,5-6,10-11H2,1H3,(H2,24,26,27,28,29). The van der Waals surface area contributed by atoms with E-state index in [-0.39, 0.29) is 6.10 Å². The van der Waals surface area contributed by atoms with Gasteiger partial charge in [-0.25, -0.2) is 9.97 Å². The number of imidazole rings is 1. The lowest BCUT2D eigenvalue weighted by Gasteiger charge is -2.30. The Labute approximate surface area is 186 Å². The van der Waals surface area contributed by atoms with Crippen molar-refractivity contribution < 1.29 is 5.11 Å². The Balaban J connectivity index is 1.46. The van der Waals surface area contributed by atoms with E-state index < -0.39 is 0 Å². The number of aliphatic hydroxyl groups is 1. The number of aromatic nitrogens is 5. The van der Waals surface area contributed by atoms with Gasteiger partial charge < -0.3 is 25.0 Å². The van der Waals surface area contributed by atoms with Crippen molar-refractivity contribution in [3.63, 3.8) is 0 Å². The lowest BCUT2D eigenvalue weighted by Crippen LogP contribution is -2.36. The van der Waals surface area contributed by atoms with Crippen molar-refractivity contribution in [3.05, 3.63) is 60.7 Å². The number of aryl methyl sites for hydroxylation is 1. The molecule has 4 aromatic rings. The molecule has 9 heteroatoms. The minimum atomic E-state index is -0.245. The zero-order valence-electron chi connectivity index (χ0n) is 17.9. The minimum Gasteiger partial charge on any atom is -0.393 e. The lowest BCUT2D eigenvalue weighted by atomic mass is 10.1. The van der Waals surface area contributed by atoms with Crippen molar-refractivity contribution in [2.45, 2.75) is 32.3 Å². The molecule has 9 nitrogen and oxygen atoms in total. The Hall–Kier alpha value is -3.72. The van der Waals surface area contributed by atoms with Gasteiger partial charge in [-0.2, -0.15) is 9.97 Å². The number of anilines is 5. The zero-order valence-corrected chi connectivity index (χ0v) is 17.9. The number of nitrogens with one attached hydrogen (secondary N) is 2. The van der Waals surface area contributed by atoms with Crippen LogP contribution in [0.15, 0.2) is 55.1 Å². The molecular weight excluding hydrogens is 404 g/mol. The predicted octanol–water partition coefficient (Wildman–Crippen LogP) is 3.53. The number of piperidine rings is 1. The summed E-state index contributed by atoms with van der Waals surface area (Å²) in [6.07, 6.45) is 9.56. The first-order valence-electron chi connectivity index (χ1n) is 10.9. The van der Waals surface area contributed by atoms with Gasteiger partial charge in [0.25, 0.3) is 0 Å². The van der Waals surface area contributed by atoms with E-state index in [4.69, 9.17) is 4.98 Å². The van der Waals surface area contributed by atoms with Gasteiger partial charge in [0.05, 0.1) is 6.10 Å². The molecule has 1 aliphatic heterocycles. The molecule has 0 unspecified atom stereocenters. The molecule has 0 spiro atoms. The van der Waals surface area contributed by atoms with Crippen LogP contribution in [0.1, 0.15) is 25.3 Å². The Bertz CT molecular complexity index is 1220. The second-order valence-corrected chi connectivity index (χ2v) is 7.91. The normalized spacial score (nSPS) is 14.6. The molecule has 0 saturated carbocycles. The van der Waals surface area contributed by atoms with Crippen molar-refractivity contribution in [2.24, 2.45) is 0 Å².